The van der Waals surface area contributed by atoms with Gasteiger partial charge in [-0.2, -0.15) is 5.10 Å². The first-order valence-electron chi connectivity index (χ1n) is 6.49. The minimum absolute atomic E-state index is 0.370. The zero-order valence-corrected chi connectivity index (χ0v) is 13.6. The van der Waals surface area contributed by atoms with Crippen LogP contribution in [0.4, 0.5) is 0 Å². The predicted octanol–water partition coefficient (Wildman–Crippen LogP) is 4.59. The van der Waals surface area contributed by atoms with Crippen LogP contribution in [0.1, 0.15) is 29.8 Å². The molecule has 0 aliphatic heterocycles. The fourth-order valence-electron chi connectivity index (χ4n) is 2.34. The highest BCUT2D eigenvalue weighted by Crippen LogP contribution is 2.29. The second-order valence-corrected chi connectivity index (χ2v) is 5.72. The summed E-state index contributed by atoms with van der Waals surface area (Å²) in [6.45, 7) is 5.06. The maximum Gasteiger partial charge on any atom is 0.0596 e. The van der Waals surface area contributed by atoms with Crippen LogP contribution in [-0.2, 0) is 13.0 Å². The molecule has 0 bridgehead atoms. The van der Waals surface area contributed by atoms with Gasteiger partial charge in [-0.25, -0.2) is 0 Å². The van der Waals surface area contributed by atoms with Crippen molar-refractivity contribution >= 4 is 27.5 Å². The molecule has 2 rings (SSSR count). The summed E-state index contributed by atoms with van der Waals surface area (Å²) in [6, 6.07) is 10.2. The molecular weight excluding hydrogens is 324 g/mol. The van der Waals surface area contributed by atoms with Crippen molar-refractivity contribution in [2.45, 2.75) is 32.7 Å². The van der Waals surface area contributed by atoms with Gasteiger partial charge in [0.25, 0.3) is 0 Å². The summed E-state index contributed by atoms with van der Waals surface area (Å²) in [5.74, 6) is 0.370. The molecular formula is C15H18BrClN2. The Balaban J connectivity index is 2.26. The lowest BCUT2D eigenvalue weighted by atomic mass is 9.96. The van der Waals surface area contributed by atoms with Crippen molar-refractivity contribution in [1.82, 2.24) is 9.78 Å². The Morgan fingerprint density at radius 2 is 2.11 bits per heavy atom. The number of halogens is 2. The third-order valence-electron chi connectivity index (χ3n) is 3.27. The highest BCUT2D eigenvalue weighted by molar-refractivity contribution is 9.09. The molecule has 0 aliphatic carbocycles. The van der Waals surface area contributed by atoms with Crippen LogP contribution in [0, 0.1) is 6.92 Å². The molecule has 4 heteroatoms. The molecule has 1 atom stereocenters. The van der Waals surface area contributed by atoms with E-state index < -0.39 is 0 Å². The van der Waals surface area contributed by atoms with Crippen molar-refractivity contribution in [3.8, 4) is 0 Å². The maximum absolute atomic E-state index is 6.30. The summed E-state index contributed by atoms with van der Waals surface area (Å²) < 4.78 is 2.07. The number of rotatable bonds is 5. The number of aromatic nitrogens is 2. The van der Waals surface area contributed by atoms with Gasteiger partial charge in [-0.15, -0.1) is 0 Å². The van der Waals surface area contributed by atoms with E-state index in [9.17, 15) is 0 Å². The first-order valence-corrected chi connectivity index (χ1v) is 7.99. The Kier molecular flexibility index (Phi) is 5.06. The molecule has 1 unspecified atom stereocenters. The number of alkyl halides is 1. The number of hydrogen-bond acceptors (Lipinski definition) is 1. The van der Waals surface area contributed by atoms with Gasteiger partial charge >= 0.3 is 0 Å². The maximum atomic E-state index is 6.30. The van der Waals surface area contributed by atoms with Gasteiger partial charge < -0.3 is 0 Å². The minimum atomic E-state index is 0.370. The molecule has 2 aromatic rings. The van der Waals surface area contributed by atoms with E-state index in [1.165, 1.54) is 11.3 Å². The smallest absolute Gasteiger partial charge is 0.0596 e. The van der Waals surface area contributed by atoms with Crippen LogP contribution in [0.5, 0.6) is 0 Å². The largest absolute Gasteiger partial charge is 0.270 e. The molecule has 0 aliphatic rings. The molecule has 1 aromatic heterocycles. The first kappa shape index (κ1) is 14.6. The van der Waals surface area contributed by atoms with Gasteiger partial charge in [-0.1, -0.05) is 45.7 Å². The lowest BCUT2D eigenvalue weighted by Crippen LogP contribution is -2.10. The molecule has 0 radical (unpaired) electrons. The van der Waals surface area contributed by atoms with Crippen molar-refractivity contribution in [3.05, 3.63) is 52.3 Å². The highest BCUT2D eigenvalue weighted by atomic mass is 79.9. The van der Waals surface area contributed by atoms with E-state index in [0.29, 0.717) is 5.92 Å². The second-order valence-electron chi connectivity index (χ2n) is 4.67. The third kappa shape index (κ3) is 3.40. The summed E-state index contributed by atoms with van der Waals surface area (Å²) in [7, 11) is 0. The van der Waals surface area contributed by atoms with E-state index in [4.69, 9.17) is 11.6 Å². The van der Waals surface area contributed by atoms with Gasteiger partial charge in [0.15, 0.2) is 0 Å². The van der Waals surface area contributed by atoms with E-state index in [0.717, 1.165) is 29.0 Å². The van der Waals surface area contributed by atoms with Crippen LogP contribution in [0.15, 0.2) is 30.3 Å². The van der Waals surface area contributed by atoms with Crippen molar-refractivity contribution in [1.29, 1.82) is 0 Å². The number of benzene rings is 1. The van der Waals surface area contributed by atoms with E-state index in [1.54, 1.807) is 0 Å². The highest BCUT2D eigenvalue weighted by Gasteiger charge is 2.16. The number of aryl methyl sites for hydroxylation is 2. The van der Waals surface area contributed by atoms with Gasteiger partial charge in [-0.3, -0.25) is 4.68 Å². The fraction of sp³-hybridized carbons (Fsp3) is 0.400. The molecule has 0 amide bonds. The van der Waals surface area contributed by atoms with Crippen LogP contribution in [-0.4, -0.2) is 15.1 Å². The molecule has 0 fully saturated rings. The van der Waals surface area contributed by atoms with Crippen LogP contribution in [0.2, 0.25) is 5.02 Å². The molecule has 0 saturated heterocycles. The second kappa shape index (κ2) is 6.58. The molecule has 102 valence electrons. The summed E-state index contributed by atoms with van der Waals surface area (Å²) in [4.78, 5) is 0. The Labute approximate surface area is 127 Å². The first-order chi connectivity index (χ1) is 9.15. The van der Waals surface area contributed by atoms with Crippen LogP contribution in [0.25, 0.3) is 0 Å². The van der Waals surface area contributed by atoms with E-state index in [-0.39, 0.29) is 0 Å². The number of nitrogens with zero attached hydrogens (tertiary/aromatic N) is 2. The van der Waals surface area contributed by atoms with Crippen molar-refractivity contribution < 1.29 is 0 Å². The van der Waals surface area contributed by atoms with Gasteiger partial charge in [0.1, 0.15) is 0 Å². The van der Waals surface area contributed by atoms with Crippen molar-refractivity contribution in [2.24, 2.45) is 0 Å². The average Bonchev–Trinajstić information content (AvgIpc) is 2.77. The van der Waals surface area contributed by atoms with Crippen molar-refractivity contribution in [2.75, 3.05) is 5.33 Å². The normalized spacial score (nSPS) is 12.6. The van der Waals surface area contributed by atoms with Gasteiger partial charge in [0.2, 0.25) is 0 Å². The standard InChI is InChI=1S/C15H18BrClN2/c1-3-19-13(8-11(2)18-19)9-12(10-16)14-6-4-5-7-15(14)17/h4-8,12H,3,9-10H2,1-2H3. The van der Waals surface area contributed by atoms with E-state index in [2.05, 4.69) is 44.8 Å². The molecule has 1 aromatic carbocycles. The third-order valence-corrected chi connectivity index (χ3v) is 4.40. The van der Waals surface area contributed by atoms with Gasteiger partial charge in [0.05, 0.1) is 5.69 Å². The monoisotopic (exact) mass is 340 g/mol. The zero-order chi connectivity index (χ0) is 13.8. The molecule has 19 heavy (non-hydrogen) atoms. The predicted molar refractivity (Wildman–Crippen MR) is 84.3 cm³/mol. The Hall–Kier alpha value is -0.800. The lowest BCUT2D eigenvalue weighted by molar-refractivity contribution is 0.597. The fourth-order valence-corrected chi connectivity index (χ4v) is 3.21. The van der Waals surface area contributed by atoms with E-state index in [1.807, 2.05) is 25.1 Å². The van der Waals surface area contributed by atoms with Crippen LogP contribution >= 0.6 is 27.5 Å². The minimum Gasteiger partial charge on any atom is -0.270 e. The molecule has 1 heterocycles. The molecule has 0 N–H and O–H groups in total. The van der Waals surface area contributed by atoms with Gasteiger partial charge in [-0.05, 0) is 38.0 Å². The molecule has 2 nitrogen and oxygen atoms in total. The average molecular weight is 342 g/mol. The van der Waals surface area contributed by atoms with Crippen LogP contribution in [0.3, 0.4) is 0 Å². The molecule has 0 saturated carbocycles. The Morgan fingerprint density at radius 1 is 1.37 bits per heavy atom. The summed E-state index contributed by atoms with van der Waals surface area (Å²) >= 11 is 9.91. The van der Waals surface area contributed by atoms with Crippen LogP contribution < -0.4 is 0 Å². The SMILES string of the molecule is CCn1nc(C)cc1CC(CBr)c1ccccc1Cl. The quantitative estimate of drug-likeness (QED) is 0.728. The Bertz CT molecular complexity index is 551. The summed E-state index contributed by atoms with van der Waals surface area (Å²) in [6.07, 6.45) is 0.948. The van der Waals surface area contributed by atoms with E-state index >= 15 is 0 Å². The Morgan fingerprint density at radius 3 is 2.74 bits per heavy atom. The lowest BCUT2D eigenvalue weighted by Gasteiger charge is -2.16. The summed E-state index contributed by atoms with van der Waals surface area (Å²) in [5, 5.41) is 6.23. The zero-order valence-electron chi connectivity index (χ0n) is 11.2. The van der Waals surface area contributed by atoms with Gasteiger partial charge in [0, 0.05) is 28.5 Å². The number of hydrogen-bond donors (Lipinski definition) is 0. The molecule has 0 spiro atoms. The topological polar surface area (TPSA) is 17.8 Å². The summed E-state index contributed by atoms with van der Waals surface area (Å²) in [5.41, 5.74) is 3.54. The van der Waals surface area contributed by atoms with Crippen molar-refractivity contribution in [3.63, 3.8) is 0 Å².